The minimum absolute atomic E-state index is 0.121. The zero-order chi connectivity index (χ0) is 13.3. The first kappa shape index (κ1) is 12.0. The number of methoxy groups -OCH3 is 1. The van der Waals surface area contributed by atoms with E-state index in [0.29, 0.717) is 22.4 Å². The van der Waals surface area contributed by atoms with Gasteiger partial charge in [-0.3, -0.25) is 5.32 Å². The number of anilines is 1. The van der Waals surface area contributed by atoms with E-state index < -0.39 is 12.1 Å². The summed E-state index contributed by atoms with van der Waals surface area (Å²) in [4.78, 5) is 22.1. The minimum atomic E-state index is -1.04. The Morgan fingerprint density at radius 1 is 1.39 bits per heavy atom. The predicted octanol–water partition coefficient (Wildman–Crippen LogP) is 2.62. The largest absolute Gasteiger partial charge is 0.478 e. The molecule has 1 heterocycles. The van der Waals surface area contributed by atoms with Crippen molar-refractivity contribution >= 4 is 28.7 Å². The van der Waals surface area contributed by atoms with Crippen LogP contribution in [0, 0.1) is 6.92 Å². The van der Waals surface area contributed by atoms with E-state index in [1.54, 1.807) is 13.0 Å². The highest BCUT2D eigenvalue weighted by molar-refractivity contribution is 6.02. The maximum Gasteiger partial charge on any atom is 0.411 e. The van der Waals surface area contributed by atoms with Crippen molar-refractivity contribution < 1.29 is 23.8 Å². The van der Waals surface area contributed by atoms with Gasteiger partial charge in [0.25, 0.3) is 0 Å². The molecule has 1 aromatic carbocycles. The molecule has 0 unspecified atom stereocenters. The van der Waals surface area contributed by atoms with E-state index in [-0.39, 0.29) is 5.56 Å². The Bertz CT molecular complexity index is 629. The number of hydrogen-bond acceptors (Lipinski definition) is 4. The van der Waals surface area contributed by atoms with Crippen LogP contribution in [0.1, 0.15) is 16.1 Å². The first-order valence-electron chi connectivity index (χ1n) is 5.14. The number of rotatable bonds is 2. The first-order valence-corrected chi connectivity index (χ1v) is 5.14. The van der Waals surface area contributed by atoms with E-state index >= 15 is 0 Å². The fourth-order valence-electron chi connectivity index (χ4n) is 1.66. The fourth-order valence-corrected chi connectivity index (χ4v) is 1.66. The van der Waals surface area contributed by atoms with Crippen LogP contribution in [0.25, 0.3) is 11.0 Å². The standard InChI is InChI=1S/C12H11NO5/c1-6-10(13-12(16)17-2)8-5-7(11(14)15)3-4-9(8)18-6/h3-5H,1-2H3,(H,13,16)(H,14,15). The van der Waals surface area contributed by atoms with Crippen LogP contribution in [0.3, 0.4) is 0 Å². The molecular weight excluding hydrogens is 238 g/mol. The summed E-state index contributed by atoms with van der Waals surface area (Å²) in [6.45, 7) is 1.67. The van der Waals surface area contributed by atoms with E-state index in [0.717, 1.165) is 0 Å². The van der Waals surface area contributed by atoms with Crippen LogP contribution in [0.15, 0.2) is 22.6 Å². The summed E-state index contributed by atoms with van der Waals surface area (Å²) >= 11 is 0. The molecule has 2 aromatic rings. The second-order valence-corrected chi connectivity index (χ2v) is 3.67. The van der Waals surface area contributed by atoms with Crippen molar-refractivity contribution in [2.45, 2.75) is 6.92 Å². The Labute approximate surface area is 102 Å². The van der Waals surface area contributed by atoms with Crippen LogP contribution in [-0.4, -0.2) is 24.3 Å². The monoisotopic (exact) mass is 249 g/mol. The molecule has 0 saturated heterocycles. The second kappa shape index (κ2) is 4.40. The lowest BCUT2D eigenvalue weighted by molar-refractivity contribution is 0.0697. The number of carboxylic acids is 1. The molecule has 2 N–H and O–H groups in total. The fraction of sp³-hybridized carbons (Fsp3) is 0.167. The Morgan fingerprint density at radius 3 is 2.72 bits per heavy atom. The number of hydrogen-bond donors (Lipinski definition) is 2. The van der Waals surface area contributed by atoms with E-state index in [1.807, 2.05) is 0 Å². The van der Waals surface area contributed by atoms with Gasteiger partial charge >= 0.3 is 12.1 Å². The number of carbonyl (C=O) groups excluding carboxylic acids is 1. The van der Waals surface area contributed by atoms with E-state index in [2.05, 4.69) is 10.1 Å². The highest BCUT2D eigenvalue weighted by Crippen LogP contribution is 2.31. The van der Waals surface area contributed by atoms with Crippen molar-refractivity contribution in [2.75, 3.05) is 12.4 Å². The smallest absolute Gasteiger partial charge is 0.411 e. The molecule has 6 heteroatoms. The molecule has 0 saturated carbocycles. The zero-order valence-electron chi connectivity index (χ0n) is 9.81. The topological polar surface area (TPSA) is 88.8 Å². The highest BCUT2D eigenvalue weighted by atomic mass is 16.5. The number of benzene rings is 1. The van der Waals surface area contributed by atoms with Crippen LogP contribution in [0.4, 0.5) is 10.5 Å². The van der Waals surface area contributed by atoms with Crippen LogP contribution in [0.2, 0.25) is 0 Å². The number of nitrogens with one attached hydrogen (secondary N) is 1. The number of aromatic carboxylic acids is 1. The third-order valence-electron chi connectivity index (χ3n) is 2.52. The van der Waals surface area contributed by atoms with Gasteiger partial charge in [0, 0.05) is 5.39 Å². The van der Waals surface area contributed by atoms with Gasteiger partial charge in [-0.25, -0.2) is 9.59 Å². The van der Waals surface area contributed by atoms with Gasteiger partial charge in [0.05, 0.1) is 18.4 Å². The van der Waals surface area contributed by atoms with E-state index in [9.17, 15) is 9.59 Å². The molecule has 2 rings (SSSR count). The van der Waals surface area contributed by atoms with Gasteiger partial charge in [0.2, 0.25) is 0 Å². The van der Waals surface area contributed by atoms with Crippen molar-refractivity contribution in [3.05, 3.63) is 29.5 Å². The van der Waals surface area contributed by atoms with E-state index in [4.69, 9.17) is 9.52 Å². The molecular formula is C12H11NO5. The van der Waals surface area contributed by atoms with Gasteiger partial charge < -0.3 is 14.3 Å². The molecule has 0 aliphatic rings. The minimum Gasteiger partial charge on any atom is -0.478 e. The van der Waals surface area contributed by atoms with Gasteiger partial charge in [-0.15, -0.1) is 0 Å². The summed E-state index contributed by atoms with van der Waals surface area (Å²) < 4.78 is 9.91. The maximum atomic E-state index is 11.2. The number of aryl methyl sites for hydroxylation is 1. The number of carbonyl (C=O) groups is 2. The summed E-state index contributed by atoms with van der Waals surface area (Å²) in [5.41, 5.74) is 1.04. The van der Waals surface area contributed by atoms with Crippen LogP contribution >= 0.6 is 0 Å². The van der Waals surface area contributed by atoms with Gasteiger partial charge in [-0.1, -0.05) is 0 Å². The Balaban J connectivity index is 2.56. The molecule has 1 aromatic heterocycles. The van der Waals surface area contributed by atoms with E-state index in [1.165, 1.54) is 19.2 Å². The van der Waals surface area contributed by atoms with Crippen molar-refractivity contribution in [1.82, 2.24) is 0 Å². The van der Waals surface area contributed by atoms with Gasteiger partial charge in [0.15, 0.2) is 0 Å². The van der Waals surface area contributed by atoms with Crippen LogP contribution in [-0.2, 0) is 4.74 Å². The predicted molar refractivity (Wildman–Crippen MR) is 63.9 cm³/mol. The molecule has 1 amide bonds. The number of furan rings is 1. The molecule has 94 valence electrons. The average Bonchev–Trinajstić information content (AvgIpc) is 2.65. The van der Waals surface area contributed by atoms with Gasteiger partial charge in [-0.2, -0.15) is 0 Å². The Hall–Kier alpha value is -2.50. The zero-order valence-corrected chi connectivity index (χ0v) is 9.81. The molecule has 0 fully saturated rings. The highest BCUT2D eigenvalue weighted by Gasteiger charge is 2.15. The lowest BCUT2D eigenvalue weighted by atomic mass is 10.1. The Kier molecular flexibility index (Phi) is 2.93. The molecule has 18 heavy (non-hydrogen) atoms. The quantitative estimate of drug-likeness (QED) is 0.853. The summed E-state index contributed by atoms with van der Waals surface area (Å²) in [5, 5.41) is 12.0. The number of fused-ring (bicyclic) bond motifs is 1. The van der Waals surface area contributed by atoms with Crippen LogP contribution in [0.5, 0.6) is 0 Å². The van der Waals surface area contributed by atoms with Crippen molar-refractivity contribution in [3.63, 3.8) is 0 Å². The first-order chi connectivity index (χ1) is 8.52. The molecule has 0 radical (unpaired) electrons. The number of carboxylic acid groups (broad SMARTS) is 1. The van der Waals surface area contributed by atoms with Crippen molar-refractivity contribution in [2.24, 2.45) is 0 Å². The Morgan fingerprint density at radius 2 is 2.11 bits per heavy atom. The lowest BCUT2D eigenvalue weighted by Crippen LogP contribution is -2.11. The van der Waals surface area contributed by atoms with Gasteiger partial charge in [0.1, 0.15) is 11.3 Å². The van der Waals surface area contributed by atoms with Gasteiger partial charge in [-0.05, 0) is 25.1 Å². The molecule has 0 aliphatic carbocycles. The SMILES string of the molecule is COC(=O)Nc1c(C)oc2ccc(C(=O)O)cc12. The summed E-state index contributed by atoms with van der Waals surface area (Å²) in [7, 11) is 1.25. The van der Waals surface area contributed by atoms with Crippen molar-refractivity contribution in [3.8, 4) is 0 Å². The molecule has 0 bridgehead atoms. The summed E-state index contributed by atoms with van der Waals surface area (Å²) in [6, 6.07) is 4.43. The third kappa shape index (κ3) is 2.00. The number of ether oxygens (including phenoxy) is 1. The molecule has 0 atom stereocenters. The average molecular weight is 249 g/mol. The van der Waals surface area contributed by atoms with Crippen LogP contribution < -0.4 is 5.32 Å². The molecule has 0 spiro atoms. The molecule has 6 nitrogen and oxygen atoms in total. The molecule has 0 aliphatic heterocycles. The maximum absolute atomic E-state index is 11.2. The van der Waals surface area contributed by atoms with Crippen molar-refractivity contribution in [1.29, 1.82) is 0 Å². The third-order valence-corrected chi connectivity index (χ3v) is 2.52. The summed E-state index contributed by atoms with van der Waals surface area (Å²) in [5.74, 6) is -0.558. The number of amides is 1. The second-order valence-electron chi connectivity index (χ2n) is 3.67. The lowest BCUT2D eigenvalue weighted by Gasteiger charge is -2.02. The normalized spacial score (nSPS) is 10.3. The summed E-state index contributed by atoms with van der Waals surface area (Å²) in [6.07, 6.45) is -0.637.